The van der Waals surface area contributed by atoms with E-state index in [-0.39, 0.29) is 17.7 Å². The van der Waals surface area contributed by atoms with E-state index in [2.05, 4.69) is 47.8 Å². The van der Waals surface area contributed by atoms with E-state index in [1.165, 1.54) is 31.2 Å². The minimum atomic E-state index is -0.147. The molecule has 0 bridgehead atoms. The molecule has 4 nitrogen and oxygen atoms in total. The van der Waals surface area contributed by atoms with Gasteiger partial charge in [-0.15, -0.1) is 0 Å². The van der Waals surface area contributed by atoms with Crippen LogP contribution in [0.5, 0.6) is 0 Å². The third-order valence-electron chi connectivity index (χ3n) is 8.18. The summed E-state index contributed by atoms with van der Waals surface area (Å²) in [7, 11) is 0. The highest BCUT2D eigenvalue weighted by atomic mass is 16.2. The number of anilines is 1. The van der Waals surface area contributed by atoms with E-state index in [0.717, 1.165) is 53.1 Å². The summed E-state index contributed by atoms with van der Waals surface area (Å²) in [6, 6.07) is 24.6. The Morgan fingerprint density at radius 1 is 0.889 bits per heavy atom. The van der Waals surface area contributed by atoms with Gasteiger partial charge in [0, 0.05) is 24.3 Å². The molecule has 0 aromatic heterocycles. The van der Waals surface area contributed by atoms with Crippen molar-refractivity contribution in [3.05, 3.63) is 101 Å². The van der Waals surface area contributed by atoms with Gasteiger partial charge in [-0.05, 0) is 84.4 Å². The van der Waals surface area contributed by atoms with Gasteiger partial charge in [0.05, 0.1) is 5.92 Å². The lowest BCUT2D eigenvalue weighted by Gasteiger charge is -2.24. The Balaban J connectivity index is 1.17. The van der Waals surface area contributed by atoms with Gasteiger partial charge in [0.2, 0.25) is 5.91 Å². The predicted octanol–water partition coefficient (Wildman–Crippen LogP) is 6.71. The normalized spacial score (nSPS) is 18.3. The molecule has 1 N–H and O–H groups in total. The number of nitrogens with one attached hydrogen (secondary N) is 1. The third-order valence-corrected chi connectivity index (χ3v) is 8.18. The van der Waals surface area contributed by atoms with Crippen LogP contribution in [-0.4, -0.2) is 16.7 Å². The Morgan fingerprint density at radius 2 is 1.67 bits per heavy atom. The van der Waals surface area contributed by atoms with Gasteiger partial charge in [0.25, 0.3) is 5.91 Å². The number of carbonyl (C=O) groups excluding carboxylic acids is 2. The highest BCUT2D eigenvalue weighted by Gasteiger charge is 2.32. The Morgan fingerprint density at radius 3 is 2.42 bits per heavy atom. The molecule has 0 saturated heterocycles. The van der Waals surface area contributed by atoms with Gasteiger partial charge < -0.3 is 10.2 Å². The van der Waals surface area contributed by atoms with Crippen molar-refractivity contribution in [2.45, 2.75) is 64.0 Å². The van der Waals surface area contributed by atoms with E-state index >= 15 is 0 Å². The van der Waals surface area contributed by atoms with Crippen LogP contribution < -0.4 is 5.32 Å². The number of benzene rings is 3. The Kier molecular flexibility index (Phi) is 6.35. The number of nitrogens with zero attached hydrogens (tertiary/aromatic N) is 1. The molecule has 0 radical (unpaired) electrons. The zero-order chi connectivity index (χ0) is 24.5. The van der Waals surface area contributed by atoms with E-state index < -0.39 is 0 Å². The van der Waals surface area contributed by atoms with E-state index in [1.807, 2.05) is 35.2 Å². The molecule has 3 aromatic rings. The van der Waals surface area contributed by atoms with Crippen molar-refractivity contribution < 1.29 is 9.59 Å². The zero-order valence-corrected chi connectivity index (χ0v) is 20.8. The first-order valence-corrected chi connectivity index (χ1v) is 13.5. The maximum absolute atomic E-state index is 13.6. The molecule has 1 aliphatic heterocycles. The fraction of sp³-hybridized carbons (Fsp3) is 0.375. The van der Waals surface area contributed by atoms with Crippen LogP contribution in [0.25, 0.3) is 0 Å². The largest absolute Gasteiger partial charge is 0.330 e. The second-order valence-electron chi connectivity index (χ2n) is 10.9. The minimum absolute atomic E-state index is 0.0989. The summed E-state index contributed by atoms with van der Waals surface area (Å²) in [6.45, 7) is 1.24. The van der Waals surface area contributed by atoms with Crippen molar-refractivity contribution in [2.75, 3.05) is 5.32 Å². The number of hydrogen-bond donors (Lipinski definition) is 1. The maximum Gasteiger partial charge on any atom is 0.254 e. The van der Waals surface area contributed by atoms with Crippen LogP contribution in [0.3, 0.4) is 0 Å². The van der Waals surface area contributed by atoms with Crippen LogP contribution in [0.4, 0.5) is 5.69 Å². The molecule has 2 amide bonds. The lowest BCUT2D eigenvalue weighted by molar-refractivity contribution is -0.118. The number of fused-ring (bicyclic) bond motifs is 1. The number of rotatable bonds is 8. The van der Waals surface area contributed by atoms with Crippen LogP contribution in [0.1, 0.15) is 77.1 Å². The minimum Gasteiger partial charge on any atom is -0.330 e. The first kappa shape index (κ1) is 23.0. The van der Waals surface area contributed by atoms with Crippen molar-refractivity contribution in [1.82, 2.24) is 4.90 Å². The Hall–Kier alpha value is -3.40. The first-order valence-electron chi connectivity index (χ1n) is 13.5. The van der Waals surface area contributed by atoms with Crippen molar-refractivity contribution in [3.63, 3.8) is 0 Å². The van der Waals surface area contributed by atoms with Crippen molar-refractivity contribution in [3.8, 4) is 0 Å². The summed E-state index contributed by atoms with van der Waals surface area (Å²) < 4.78 is 0. The summed E-state index contributed by atoms with van der Waals surface area (Å²) in [6.07, 6.45) is 8.36. The smallest absolute Gasteiger partial charge is 0.254 e. The van der Waals surface area contributed by atoms with Crippen LogP contribution >= 0.6 is 0 Å². The average Bonchev–Trinajstić information content (AvgIpc) is 3.43. The molecule has 1 atom stereocenters. The van der Waals surface area contributed by atoms with Crippen LogP contribution in [0.15, 0.2) is 72.8 Å². The fourth-order valence-electron chi connectivity index (χ4n) is 6.07. The Labute approximate surface area is 213 Å². The van der Waals surface area contributed by atoms with E-state index in [1.54, 1.807) is 0 Å². The first-order chi connectivity index (χ1) is 17.6. The number of amides is 2. The fourth-order valence-corrected chi connectivity index (χ4v) is 6.07. The van der Waals surface area contributed by atoms with E-state index in [4.69, 9.17) is 0 Å². The molecular formula is C32H34N2O2. The van der Waals surface area contributed by atoms with Gasteiger partial charge in [0.15, 0.2) is 0 Å². The number of hydrogen-bond acceptors (Lipinski definition) is 2. The molecule has 2 saturated carbocycles. The van der Waals surface area contributed by atoms with Crippen molar-refractivity contribution >= 4 is 17.5 Å². The highest BCUT2D eigenvalue weighted by Crippen LogP contribution is 2.39. The van der Waals surface area contributed by atoms with Gasteiger partial charge in [0.1, 0.15) is 0 Å². The van der Waals surface area contributed by atoms with Crippen molar-refractivity contribution in [1.29, 1.82) is 0 Å². The number of carbonyl (C=O) groups is 2. The lowest BCUT2D eigenvalue weighted by atomic mass is 9.83. The van der Waals surface area contributed by atoms with Gasteiger partial charge in [-0.2, -0.15) is 0 Å². The molecule has 184 valence electrons. The SMILES string of the molecule is O=C(Nc1cccc(CC2CC2)c1)C(c1ccc(CN2Cc3ccccc3C2=O)cc1)C1CCCC1. The van der Waals surface area contributed by atoms with E-state index in [9.17, 15) is 9.59 Å². The van der Waals surface area contributed by atoms with Crippen LogP contribution in [0.2, 0.25) is 0 Å². The van der Waals surface area contributed by atoms with Gasteiger partial charge in [-0.1, -0.05) is 67.4 Å². The summed E-state index contributed by atoms with van der Waals surface area (Å²) in [5, 5.41) is 3.25. The quantitative estimate of drug-likeness (QED) is 0.391. The van der Waals surface area contributed by atoms with Crippen molar-refractivity contribution in [2.24, 2.45) is 11.8 Å². The summed E-state index contributed by atoms with van der Waals surface area (Å²) in [5.74, 6) is 1.25. The monoisotopic (exact) mass is 478 g/mol. The molecule has 3 aromatic carbocycles. The summed E-state index contributed by atoms with van der Waals surface area (Å²) >= 11 is 0. The summed E-state index contributed by atoms with van der Waals surface area (Å²) in [5.41, 5.74) is 6.30. The summed E-state index contributed by atoms with van der Waals surface area (Å²) in [4.78, 5) is 28.3. The van der Waals surface area contributed by atoms with E-state index in [0.29, 0.717) is 19.0 Å². The van der Waals surface area contributed by atoms with Gasteiger partial charge in [-0.3, -0.25) is 9.59 Å². The molecule has 0 spiro atoms. The molecule has 2 fully saturated rings. The molecule has 2 aliphatic carbocycles. The maximum atomic E-state index is 13.6. The van der Waals surface area contributed by atoms with Gasteiger partial charge >= 0.3 is 0 Å². The molecule has 6 rings (SSSR count). The molecule has 4 heteroatoms. The zero-order valence-electron chi connectivity index (χ0n) is 20.8. The second kappa shape index (κ2) is 9.93. The van der Waals surface area contributed by atoms with Gasteiger partial charge in [-0.25, -0.2) is 0 Å². The Bertz CT molecular complexity index is 1260. The molecule has 1 heterocycles. The molecular weight excluding hydrogens is 444 g/mol. The third kappa shape index (κ3) is 4.95. The van der Waals surface area contributed by atoms with Crippen LogP contribution in [0, 0.1) is 11.8 Å². The predicted molar refractivity (Wildman–Crippen MR) is 143 cm³/mol. The molecule has 1 unspecified atom stereocenters. The molecule has 36 heavy (non-hydrogen) atoms. The van der Waals surface area contributed by atoms with Crippen LogP contribution in [-0.2, 0) is 24.3 Å². The standard InChI is InChI=1S/C32H34N2O2/c35-31(33-28-10-5-6-24(19-28)18-22-12-13-22)30(25-7-1-2-8-25)26-16-14-23(15-17-26)20-34-21-27-9-3-4-11-29(27)32(34)36/h3-6,9-11,14-17,19,22,25,30H,1-2,7-8,12-13,18,20-21H2,(H,33,35). The average molecular weight is 479 g/mol. The second-order valence-corrected chi connectivity index (χ2v) is 10.9. The molecule has 3 aliphatic rings. The lowest BCUT2D eigenvalue weighted by Crippen LogP contribution is -2.27. The highest BCUT2D eigenvalue weighted by molar-refractivity contribution is 5.98. The topological polar surface area (TPSA) is 49.4 Å².